The molecule has 4 rings (SSSR count). The highest BCUT2D eigenvalue weighted by atomic mass is 32.2. The minimum atomic E-state index is -3.71. The van der Waals surface area contributed by atoms with E-state index in [4.69, 9.17) is 0 Å². The molecule has 1 aliphatic rings. The molecule has 1 unspecified atom stereocenters. The molecular weight excluding hydrogens is 450 g/mol. The highest BCUT2D eigenvalue weighted by molar-refractivity contribution is 7.89. The Balaban J connectivity index is 1.53. The van der Waals surface area contributed by atoms with Gasteiger partial charge in [-0.15, -0.1) is 0 Å². The summed E-state index contributed by atoms with van der Waals surface area (Å²) in [6.45, 7) is 1.60. The SMILES string of the molecule is CC(NC(=O)c1ccccc1)C(=O)Nc1cccc2c(S(=O)(=O)NC3CCCCC3)cccc12. The zero-order valence-corrected chi connectivity index (χ0v) is 19.9. The van der Waals surface area contributed by atoms with Crippen molar-refractivity contribution in [3.8, 4) is 0 Å². The Morgan fingerprint density at radius 2 is 1.53 bits per heavy atom. The van der Waals surface area contributed by atoms with E-state index in [1.807, 2.05) is 6.07 Å². The van der Waals surface area contributed by atoms with Gasteiger partial charge in [0.1, 0.15) is 6.04 Å². The summed E-state index contributed by atoms with van der Waals surface area (Å²) < 4.78 is 29.2. The van der Waals surface area contributed by atoms with E-state index in [2.05, 4.69) is 15.4 Å². The number of carbonyl (C=O) groups excluding carboxylic acids is 2. The minimum absolute atomic E-state index is 0.0500. The number of hydrogen-bond donors (Lipinski definition) is 3. The fourth-order valence-corrected chi connectivity index (χ4v) is 5.83. The van der Waals surface area contributed by atoms with Crippen molar-refractivity contribution < 1.29 is 18.0 Å². The van der Waals surface area contributed by atoms with Gasteiger partial charge in [-0.2, -0.15) is 0 Å². The number of rotatable bonds is 7. The molecule has 0 aliphatic heterocycles. The summed E-state index contributed by atoms with van der Waals surface area (Å²) in [7, 11) is -3.71. The van der Waals surface area contributed by atoms with Gasteiger partial charge in [0, 0.05) is 28.1 Å². The molecule has 0 heterocycles. The summed E-state index contributed by atoms with van der Waals surface area (Å²) in [5, 5.41) is 6.67. The average molecular weight is 480 g/mol. The molecule has 1 saturated carbocycles. The standard InChI is InChI=1S/C26H29N3O4S/c1-18(27-26(31)19-10-4-2-5-11-19)25(30)28-23-16-8-15-22-21(23)14-9-17-24(22)34(32,33)29-20-12-6-3-7-13-20/h2,4-5,8-11,14-18,20,29H,3,6-7,12-13H2,1H3,(H,27,31)(H,28,30). The molecule has 0 aromatic heterocycles. The second-order valence-electron chi connectivity index (χ2n) is 8.66. The molecule has 3 aromatic carbocycles. The van der Waals surface area contributed by atoms with E-state index in [9.17, 15) is 18.0 Å². The zero-order valence-electron chi connectivity index (χ0n) is 19.1. The third-order valence-corrected chi connectivity index (χ3v) is 7.71. The molecule has 0 bridgehead atoms. The number of fused-ring (bicyclic) bond motifs is 1. The van der Waals surface area contributed by atoms with Crippen molar-refractivity contribution in [2.75, 3.05) is 5.32 Å². The van der Waals surface area contributed by atoms with Crippen LogP contribution in [0, 0.1) is 0 Å². The molecule has 8 heteroatoms. The van der Waals surface area contributed by atoms with Gasteiger partial charge < -0.3 is 10.6 Å². The largest absolute Gasteiger partial charge is 0.341 e. The lowest BCUT2D eigenvalue weighted by molar-refractivity contribution is -0.117. The minimum Gasteiger partial charge on any atom is -0.341 e. The normalized spacial score (nSPS) is 15.6. The number of nitrogens with one attached hydrogen (secondary N) is 3. The van der Waals surface area contributed by atoms with Gasteiger partial charge in [0.05, 0.1) is 4.90 Å². The summed E-state index contributed by atoms with van der Waals surface area (Å²) in [5.74, 6) is -0.742. The van der Waals surface area contributed by atoms with Crippen molar-refractivity contribution in [2.45, 2.75) is 56.0 Å². The van der Waals surface area contributed by atoms with Crippen LogP contribution in [0.3, 0.4) is 0 Å². The quantitative estimate of drug-likeness (QED) is 0.472. The van der Waals surface area contributed by atoms with Crippen LogP contribution in [0.1, 0.15) is 49.4 Å². The van der Waals surface area contributed by atoms with Gasteiger partial charge in [0.2, 0.25) is 15.9 Å². The van der Waals surface area contributed by atoms with Gasteiger partial charge in [-0.05, 0) is 44.0 Å². The molecule has 7 nitrogen and oxygen atoms in total. The molecule has 0 spiro atoms. The van der Waals surface area contributed by atoms with E-state index in [0.29, 0.717) is 22.0 Å². The lowest BCUT2D eigenvalue weighted by Gasteiger charge is -2.23. The Kier molecular flexibility index (Phi) is 7.29. The Morgan fingerprint density at radius 1 is 0.853 bits per heavy atom. The van der Waals surface area contributed by atoms with Gasteiger partial charge in [0.15, 0.2) is 0 Å². The van der Waals surface area contributed by atoms with Crippen LogP contribution in [-0.4, -0.2) is 32.3 Å². The summed E-state index contributed by atoms with van der Waals surface area (Å²) in [6.07, 6.45) is 4.88. The van der Waals surface area contributed by atoms with Crippen molar-refractivity contribution >= 4 is 38.3 Å². The zero-order chi connectivity index (χ0) is 24.1. The van der Waals surface area contributed by atoms with Crippen LogP contribution in [0.4, 0.5) is 5.69 Å². The fourth-order valence-electron chi connectivity index (χ4n) is 4.30. The molecule has 1 aliphatic carbocycles. The summed E-state index contributed by atoms with van der Waals surface area (Å²) in [4.78, 5) is 25.4. The van der Waals surface area contributed by atoms with Crippen LogP contribution in [0.2, 0.25) is 0 Å². The second kappa shape index (κ2) is 10.4. The summed E-state index contributed by atoms with van der Waals surface area (Å²) in [6, 6.07) is 18.0. The maximum Gasteiger partial charge on any atom is 0.251 e. The molecule has 1 fully saturated rings. The summed E-state index contributed by atoms with van der Waals surface area (Å²) >= 11 is 0. The number of hydrogen-bond acceptors (Lipinski definition) is 4. The molecular formula is C26H29N3O4S. The van der Waals surface area contributed by atoms with Crippen molar-refractivity contribution in [3.05, 3.63) is 72.3 Å². The highest BCUT2D eigenvalue weighted by Gasteiger charge is 2.24. The van der Waals surface area contributed by atoms with Crippen LogP contribution in [-0.2, 0) is 14.8 Å². The molecule has 0 radical (unpaired) electrons. The van der Waals surface area contributed by atoms with Crippen LogP contribution in [0.15, 0.2) is 71.6 Å². The molecule has 178 valence electrons. The van der Waals surface area contributed by atoms with E-state index in [1.165, 1.54) is 0 Å². The number of benzene rings is 3. The average Bonchev–Trinajstić information content (AvgIpc) is 2.84. The number of carbonyl (C=O) groups is 2. The van der Waals surface area contributed by atoms with Crippen LogP contribution >= 0.6 is 0 Å². The fraction of sp³-hybridized carbons (Fsp3) is 0.308. The lowest BCUT2D eigenvalue weighted by atomic mass is 9.96. The number of amides is 2. The summed E-state index contributed by atoms with van der Waals surface area (Å²) in [5.41, 5.74) is 0.950. The topological polar surface area (TPSA) is 104 Å². The highest BCUT2D eigenvalue weighted by Crippen LogP contribution is 2.30. The molecule has 3 N–H and O–H groups in total. The third-order valence-electron chi connectivity index (χ3n) is 6.13. The van der Waals surface area contributed by atoms with E-state index < -0.39 is 22.0 Å². The number of sulfonamides is 1. The molecule has 1 atom stereocenters. The Bertz CT molecular complexity index is 1290. The van der Waals surface area contributed by atoms with E-state index in [-0.39, 0.29) is 16.8 Å². The molecule has 2 amide bonds. The van der Waals surface area contributed by atoms with Gasteiger partial charge >= 0.3 is 0 Å². The van der Waals surface area contributed by atoms with E-state index in [0.717, 1.165) is 32.1 Å². The van der Waals surface area contributed by atoms with Crippen LogP contribution < -0.4 is 15.4 Å². The first-order chi connectivity index (χ1) is 16.3. The first-order valence-electron chi connectivity index (χ1n) is 11.6. The second-order valence-corrected chi connectivity index (χ2v) is 10.3. The van der Waals surface area contributed by atoms with Gasteiger partial charge in [-0.25, -0.2) is 13.1 Å². The Labute approximate surface area is 200 Å². The van der Waals surface area contributed by atoms with Crippen molar-refractivity contribution in [1.29, 1.82) is 0 Å². The first-order valence-corrected chi connectivity index (χ1v) is 13.0. The maximum atomic E-state index is 13.2. The van der Waals surface area contributed by atoms with Gasteiger partial charge in [0.25, 0.3) is 5.91 Å². The molecule has 0 saturated heterocycles. The Morgan fingerprint density at radius 3 is 2.26 bits per heavy atom. The van der Waals surface area contributed by atoms with Crippen molar-refractivity contribution in [2.24, 2.45) is 0 Å². The van der Waals surface area contributed by atoms with Gasteiger partial charge in [-0.3, -0.25) is 9.59 Å². The van der Waals surface area contributed by atoms with E-state index >= 15 is 0 Å². The Hall–Kier alpha value is -3.23. The third kappa shape index (κ3) is 5.46. The first kappa shape index (κ1) is 23.9. The number of anilines is 1. The van der Waals surface area contributed by atoms with Gasteiger partial charge in [-0.1, -0.05) is 61.7 Å². The van der Waals surface area contributed by atoms with Crippen molar-refractivity contribution in [1.82, 2.24) is 10.0 Å². The molecule has 34 heavy (non-hydrogen) atoms. The predicted molar refractivity (Wildman–Crippen MR) is 133 cm³/mol. The van der Waals surface area contributed by atoms with Crippen LogP contribution in [0.25, 0.3) is 10.8 Å². The maximum absolute atomic E-state index is 13.2. The smallest absolute Gasteiger partial charge is 0.251 e. The van der Waals surface area contributed by atoms with E-state index in [1.54, 1.807) is 67.6 Å². The monoisotopic (exact) mass is 479 g/mol. The molecule has 3 aromatic rings. The lowest BCUT2D eigenvalue weighted by Crippen LogP contribution is -2.41. The predicted octanol–water partition coefficient (Wildman–Crippen LogP) is 4.21. The van der Waals surface area contributed by atoms with Crippen molar-refractivity contribution in [3.63, 3.8) is 0 Å². The van der Waals surface area contributed by atoms with Crippen LogP contribution in [0.5, 0.6) is 0 Å².